The van der Waals surface area contributed by atoms with Crippen molar-refractivity contribution in [2.75, 3.05) is 20.8 Å². The number of guanidine groups is 1. The maximum absolute atomic E-state index is 5.90. The van der Waals surface area contributed by atoms with Gasteiger partial charge in [0.1, 0.15) is 0 Å². The van der Waals surface area contributed by atoms with Gasteiger partial charge >= 0.3 is 0 Å². The molecule has 23 heavy (non-hydrogen) atoms. The number of methoxy groups -OCH3 is 2. The normalized spacial score (nSPS) is 11.3. The van der Waals surface area contributed by atoms with E-state index in [2.05, 4.69) is 10.3 Å². The fourth-order valence-corrected chi connectivity index (χ4v) is 3.10. The summed E-state index contributed by atoms with van der Waals surface area (Å²) in [6.45, 7) is 1.20. The first-order valence-corrected chi connectivity index (χ1v) is 8.30. The molecule has 2 rings (SSSR count). The predicted molar refractivity (Wildman–Crippen MR) is 95.9 cm³/mol. The van der Waals surface area contributed by atoms with E-state index in [-0.39, 0.29) is 0 Å². The summed E-state index contributed by atoms with van der Waals surface area (Å²) in [5, 5.41) is 3.10. The lowest BCUT2D eigenvalue weighted by Crippen LogP contribution is -2.33. The molecule has 0 amide bonds. The number of rotatable bonds is 7. The van der Waals surface area contributed by atoms with Crippen molar-refractivity contribution in [2.45, 2.75) is 13.0 Å². The molecule has 0 aliphatic rings. The van der Waals surface area contributed by atoms with E-state index < -0.39 is 0 Å². The lowest BCUT2D eigenvalue weighted by atomic mass is 10.2. The summed E-state index contributed by atoms with van der Waals surface area (Å²) in [5.41, 5.74) is 6.88. The van der Waals surface area contributed by atoms with E-state index in [4.69, 9.17) is 26.8 Å². The summed E-state index contributed by atoms with van der Waals surface area (Å²) in [4.78, 5) is 5.54. The quantitative estimate of drug-likeness (QED) is 0.593. The third kappa shape index (κ3) is 5.33. The molecule has 1 aromatic heterocycles. The summed E-state index contributed by atoms with van der Waals surface area (Å²) in [6.07, 6.45) is 0.865. The number of thiophene rings is 1. The van der Waals surface area contributed by atoms with Crippen molar-refractivity contribution < 1.29 is 9.47 Å². The Morgan fingerprint density at radius 3 is 2.65 bits per heavy atom. The van der Waals surface area contributed by atoms with Crippen molar-refractivity contribution in [3.05, 3.63) is 45.1 Å². The van der Waals surface area contributed by atoms with Gasteiger partial charge in [0.05, 0.1) is 25.1 Å². The van der Waals surface area contributed by atoms with Crippen LogP contribution in [0.15, 0.2) is 35.3 Å². The Morgan fingerprint density at radius 2 is 2.00 bits per heavy atom. The van der Waals surface area contributed by atoms with Crippen LogP contribution in [-0.4, -0.2) is 26.7 Å². The Bertz CT molecular complexity index is 673. The smallest absolute Gasteiger partial charge is 0.188 e. The number of nitrogens with two attached hydrogens (primary N) is 1. The van der Waals surface area contributed by atoms with Gasteiger partial charge in [-0.25, -0.2) is 4.99 Å². The highest BCUT2D eigenvalue weighted by Crippen LogP contribution is 2.27. The van der Waals surface area contributed by atoms with Crippen molar-refractivity contribution in [3.8, 4) is 11.5 Å². The molecule has 0 aliphatic heterocycles. The Balaban J connectivity index is 1.84. The monoisotopic (exact) mass is 353 g/mol. The van der Waals surface area contributed by atoms with Crippen molar-refractivity contribution in [1.82, 2.24) is 5.32 Å². The first kappa shape index (κ1) is 17.4. The molecule has 1 aromatic carbocycles. The van der Waals surface area contributed by atoms with Crippen LogP contribution >= 0.6 is 22.9 Å². The molecule has 0 atom stereocenters. The lowest BCUT2D eigenvalue weighted by molar-refractivity contribution is 0.354. The molecular weight excluding hydrogens is 334 g/mol. The molecule has 0 fully saturated rings. The highest BCUT2D eigenvalue weighted by molar-refractivity contribution is 7.16. The molecule has 0 bridgehead atoms. The first-order valence-electron chi connectivity index (χ1n) is 7.11. The largest absolute Gasteiger partial charge is 0.493 e. The maximum Gasteiger partial charge on any atom is 0.188 e. The average molecular weight is 354 g/mol. The summed E-state index contributed by atoms with van der Waals surface area (Å²) < 4.78 is 11.3. The van der Waals surface area contributed by atoms with Gasteiger partial charge in [0.25, 0.3) is 0 Å². The number of hydrogen-bond donors (Lipinski definition) is 2. The van der Waals surface area contributed by atoms with E-state index >= 15 is 0 Å². The molecule has 0 saturated carbocycles. The Kier molecular flexibility index (Phi) is 6.55. The molecular formula is C16H20ClN3O2S. The molecule has 0 radical (unpaired) electrons. The van der Waals surface area contributed by atoms with Gasteiger partial charge in [-0.2, -0.15) is 0 Å². The summed E-state index contributed by atoms with van der Waals surface area (Å²) in [6, 6.07) is 9.60. The minimum Gasteiger partial charge on any atom is -0.493 e. The van der Waals surface area contributed by atoms with E-state index in [1.807, 2.05) is 30.3 Å². The molecule has 1 heterocycles. The van der Waals surface area contributed by atoms with Gasteiger partial charge in [-0.3, -0.25) is 0 Å². The molecule has 124 valence electrons. The summed E-state index contributed by atoms with van der Waals surface area (Å²) >= 11 is 7.47. The van der Waals surface area contributed by atoms with Crippen LogP contribution in [0.2, 0.25) is 4.34 Å². The number of aliphatic imine (C=N–C) groups is 1. The zero-order valence-corrected chi connectivity index (χ0v) is 14.7. The second-order valence-electron chi connectivity index (χ2n) is 4.77. The number of nitrogens with one attached hydrogen (secondary N) is 1. The fraction of sp³-hybridized carbons (Fsp3) is 0.312. The zero-order chi connectivity index (χ0) is 16.7. The molecule has 2 aromatic rings. The van der Waals surface area contributed by atoms with E-state index in [0.29, 0.717) is 24.0 Å². The van der Waals surface area contributed by atoms with Gasteiger partial charge in [-0.15, -0.1) is 11.3 Å². The summed E-state index contributed by atoms with van der Waals surface area (Å²) in [5.74, 6) is 1.80. The zero-order valence-electron chi connectivity index (χ0n) is 13.1. The van der Waals surface area contributed by atoms with E-state index in [0.717, 1.165) is 22.9 Å². The Hall–Kier alpha value is -1.92. The minimum atomic E-state index is 0.419. The third-order valence-corrected chi connectivity index (χ3v) is 4.48. The van der Waals surface area contributed by atoms with Gasteiger partial charge in [0, 0.05) is 11.4 Å². The second kappa shape index (κ2) is 8.64. The van der Waals surface area contributed by atoms with Crippen molar-refractivity contribution in [2.24, 2.45) is 10.7 Å². The first-order chi connectivity index (χ1) is 11.1. The van der Waals surface area contributed by atoms with Gasteiger partial charge in [-0.05, 0) is 36.2 Å². The van der Waals surface area contributed by atoms with E-state index in [1.165, 1.54) is 4.88 Å². The Morgan fingerprint density at radius 1 is 1.22 bits per heavy atom. The van der Waals surface area contributed by atoms with Crippen LogP contribution < -0.4 is 20.5 Å². The highest BCUT2D eigenvalue weighted by atomic mass is 35.5. The van der Waals surface area contributed by atoms with Crippen molar-refractivity contribution in [3.63, 3.8) is 0 Å². The van der Waals surface area contributed by atoms with Crippen LogP contribution in [0.5, 0.6) is 11.5 Å². The average Bonchev–Trinajstić information content (AvgIpc) is 2.98. The Labute approximate surface area is 145 Å². The number of halogens is 1. The topological polar surface area (TPSA) is 68.9 Å². The second-order valence-corrected chi connectivity index (χ2v) is 6.57. The van der Waals surface area contributed by atoms with Crippen LogP contribution in [0.4, 0.5) is 0 Å². The van der Waals surface area contributed by atoms with Gasteiger partial charge < -0.3 is 20.5 Å². The van der Waals surface area contributed by atoms with Gasteiger partial charge in [0.2, 0.25) is 0 Å². The van der Waals surface area contributed by atoms with Crippen LogP contribution in [0, 0.1) is 0 Å². The molecule has 0 unspecified atom stereocenters. The van der Waals surface area contributed by atoms with Crippen LogP contribution in [0.1, 0.15) is 10.4 Å². The standard InChI is InChI=1S/C16H20ClN3O2S/c1-21-13-5-3-11(9-14(13)22-2)10-20-16(18)19-8-7-12-4-6-15(17)23-12/h3-6,9H,7-8,10H2,1-2H3,(H3,18,19,20). The fourth-order valence-electron chi connectivity index (χ4n) is 2.01. The molecule has 0 saturated heterocycles. The number of benzene rings is 1. The maximum atomic E-state index is 5.90. The third-order valence-electron chi connectivity index (χ3n) is 3.19. The van der Waals surface area contributed by atoms with Crippen molar-refractivity contribution in [1.29, 1.82) is 0 Å². The molecule has 3 N–H and O–H groups in total. The molecule has 0 spiro atoms. The SMILES string of the molecule is COc1ccc(CN=C(N)NCCc2ccc(Cl)s2)cc1OC. The van der Waals surface area contributed by atoms with Crippen LogP contribution in [0.25, 0.3) is 0 Å². The van der Waals surface area contributed by atoms with Gasteiger partial charge in [-0.1, -0.05) is 17.7 Å². The molecule has 5 nitrogen and oxygen atoms in total. The number of hydrogen-bond acceptors (Lipinski definition) is 4. The van der Waals surface area contributed by atoms with Crippen molar-refractivity contribution >= 4 is 28.9 Å². The van der Waals surface area contributed by atoms with Gasteiger partial charge in [0.15, 0.2) is 17.5 Å². The highest BCUT2D eigenvalue weighted by Gasteiger charge is 2.04. The number of ether oxygens (including phenoxy) is 2. The van der Waals surface area contributed by atoms with E-state index in [1.54, 1.807) is 25.6 Å². The van der Waals surface area contributed by atoms with E-state index in [9.17, 15) is 0 Å². The van der Waals surface area contributed by atoms with Crippen LogP contribution in [0.3, 0.4) is 0 Å². The molecule has 7 heteroatoms. The lowest BCUT2D eigenvalue weighted by Gasteiger charge is -2.09. The predicted octanol–water partition coefficient (Wildman–Crippen LogP) is 3.07. The number of nitrogens with zero attached hydrogens (tertiary/aromatic N) is 1. The molecule has 0 aliphatic carbocycles. The summed E-state index contributed by atoms with van der Waals surface area (Å²) in [7, 11) is 3.22. The minimum absolute atomic E-state index is 0.419. The van der Waals surface area contributed by atoms with Crippen LogP contribution in [-0.2, 0) is 13.0 Å².